The molecule has 3 aromatic rings. The molecular weight excluding hydrogens is 373 g/mol. The number of aromatic carboxylic acids is 1. The summed E-state index contributed by atoms with van der Waals surface area (Å²) in [6.07, 6.45) is 1.39. The summed E-state index contributed by atoms with van der Waals surface area (Å²) in [6, 6.07) is 9.64. The predicted octanol–water partition coefficient (Wildman–Crippen LogP) is 3.03. The average Bonchev–Trinajstić information content (AvgIpc) is 2.99. The number of carboxylic acid groups (broad SMARTS) is 1. The van der Waals surface area contributed by atoms with Gasteiger partial charge in [0, 0.05) is 24.5 Å². The first-order valence-corrected chi connectivity index (χ1v) is 9.32. The number of aromatic nitrogens is 2. The summed E-state index contributed by atoms with van der Waals surface area (Å²) >= 11 is 0. The third-order valence-corrected chi connectivity index (χ3v) is 5.43. The number of aryl methyl sites for hydroxylation is 2. The van der Waals surface area contributed by atoms with Crippen molar-refractivity contribution in [2.45, 2.75) is 11.8 Å². The number of benzene rings is 2. The highest BCUT2D eigenvalue weighted by Gasteiger charge is 2.19. The fraction of sp³-hybridized carbons (Fsp3) is 0.111. The molecule has 0 spiro atoms. The fourth-order valence-electron chi connectivity index (χ4n) is 2.63. The average molecular weight is 389 g/mol. The molecule has 0 atom stereocenters. The Labute approximate surface area is 155 Å². The van der Waals surface area contributed by atoms with Crippen LogP contribution in [0.2, 0.25) is 0 Å². The molecule has 0 aliphatic rings. The molecule has 0 amide bonds. The Morgan fingerprint density at radius 3 is 2.48 bits per heavy atom. The number of anilines is 1. The number of hydrogen-bond donors (Lipinski definition) is 2. The van der Waals surface area contributed by atoms with Crippen molar-refractivity contribution in [3.63, 3.8) is 0 Å². The van der Waals surface area contributed by atoms with Gasteiger partial charge in [-0.15, -0.1) is 0 Å². The Kier molecular flexibility index (Phi) is 4.71. The quantitative estimate of drug-likeness (QED) is 0.698. The number of nitrogens with zero attached hydrogens (tertiary/aromatic N) is 2. The molecule has 9 heteroatoms. The first-order valence-electron chi connectivity index (χ1n) is 7.84. The standard InChI is InChI=1S/C18H16FN3O4S/c1-11-3-6-13(19)9-16(11)27(25,26)21-14-7-4-12(5-8-14)17-15(18(23)24)10-22(2)20-17/h3-10,21H,1-2H3,(H,23,24). The van der Waals surface area contributed by atoms with Crippen LogP contribution in [0.5, 0.6) is 0 Å². The van der Waals surface area contributed by atoms with E-state index in [1.807, 2.05) is 0 Å². The minimum absolute atomic E-state index is 0.0428. The first-order chi connectivity index (χ1) is 12.7. The molecule has 0 bridgehead atoms. The summed E-state index contributed by atoms with van der Waals surface area (Å²) in [5, 5.41) is 13.4. The predicted molar refractivity (Wildman–Crippen MR) is 97.5 cm³/mol. The normalized spacial score (nSPS) is 11.4. The van der Waals surface area contributed by atoms with E-state index in [1.165, 1.54) is 35.1 Å². The van der Waals surface area contributed by atoms with Crippen molar-refractivity contribution in [1.82, 2.24) is 9.78 Å². The van der Waals surface area contributed by atoms with Gasteiger partial charge in [-0.2, -0.15) is 5.10 Å². The van der Waals surface area contributed by atoms with E-state index in [9.17, 15) is 22.7 Å². The Morgan fingerprint density at radius 1 is 1.19 bits per heavy atom. The molecule has 0 aliphatic heterocycles. The maximum absolute atomic E-state index is 13.4. The highest BCUT2D eigenvalue weighted by molar-refractivity contribution is 7.92. The number of sulfonamides is 1. The van der Waals surface area contributed by atoms with E-state index in [0.717, 1.165) is 6.07 Å². The van der Waals surface area contributed by atoms with Gasteiger partial charge in [0.15, 0.2) is 0 Å². The Morgan fingerprint density at radius 2 is 1.85 bits per heavy atom. The van der Waals surface area contributed by atoms with Crippen LogP contribution in [-0.2, 0) is 17.1 Å². The van der Waals surface area contributed by atoms with E-state index in [-0.39, 0.29) is 21.8 Å². The van der Waals surface area contributed by atoms with Crippen molar-refractivity contribution in [1.29, 1.82) is 0 Å². The minimum Gasteiger partial charge on any atom is -0.478 e. The Hall–Kier alpha value is -3.20. The van der Waals surface area contributed by atoms with Gasteiger partial charge in [-0.1, -0.05) is 18.2 Å². The number of hydrogen-bond acceptors (Lipinski definition) is 4. The molecular formula is C18H16FN3O4S. The van der Waals surface area contributed by atoms with Gasteiger partial charge >= 0.3 is 5.97 Å². The Bertz CT molecular complexity index is 1120. The molecule has 2 aromatic carbocycles. The second-order valence-electron chi connectivity index (χ2n) is 5.96. The van der Waals surface area contributed by atoms with Crippen LogP contribution in [0.4, 0.5) is 10.1 Å². The number of carboxylic acids is 1. The van der Waals surface area contributed by atoms with Crippen molar-refractivity contribution in [2.75, 3.05) is 4.72 Å². The van der Waals surface area contributed by atoms with E-state index in [4.69, 9.17) is 0 Å². The molecule has 3 rings (SSSR count). The summed E-state index contributed by atoms with van der Waals surface area (Å²) in [5.41, 5.74) is 1.52. The third-order valence-electron chi connectivity index (χ3n) is 3.91. The van der Waals surface area contributed by atoms with Gasteiger partial charge < -0.3 is 5.11 Å². The number of halogens is 1. The molecule has 1 aromatic heterocycles. The van der Waals surface area contributed by atoms with E-state index < -0.39 is 21.8 Å². The lowest BCUT2D eigenvalue weighted by Crippen LogP contribution is -2.14. The van der Waals surface area contributed by atoms with Crippen LogP contribution < -0.4 is 4.72 Å². The van der Waals surface area contributed by atoms with Crippen LogP contribution in [-0.4, -0.2) is 29.3 Å². The van der Waals surface area contributed by atoms with Crippen LogP contribution in [0.25, 0.3) is 11.3 Å². The molecule has 1 heterocycles. The molecule has 140 valence electrons. The van der Waals surface area contributed by atoms with Gasteiger partial charge in [0.05, 0.1) is 4.90 Å². The monoisotopic (exact) mass is 389 g/mol. The van der Waals surface area contributed by atoms with Crippen LogP contribution in [0.3, 0.4) is 0 Å². The topological polar surface area (TPSA) is 101 Å². The zero-order chi connectivity index (χ0) is 19.8. The van der Waals surface area contributed by atoms with Gasteiger partial charge in [-0.3, -0.25) is 9.40 Å². The third kappa shape index (κ3) is 3.82. The molecule has 0 aliphatic carbocycles. The lowest BCUT2D eigenvalue weighted by atomic mass is 10.1. The van der Waals surface area contributed by atoms with Crippen molar-refractivity contribution in [3.8, 4) is 11.3 Å². The molecule has 0 saturated carbocycles. The largest absolute Gasteiger partial charge is 0.478 e. The SMILES string of the molecule is Cc1ccc(F)cc1S(=O)(=O)Nc1ccc(-c2nn(C)cc2C(=O)O)cc1. The molecule has 0 radical (unpaired) electrons. The highest BCUT2D eigenvalue weighted by Crippen LogP contribution is 2.25. The first kappa shape index (κ1) is 18.6. The number of carbonyl (C=O) groups is 1. The molecule has 7 nitrogen and oxygen atoms in total. The molecule has 27 heavy (non-hydrogen) atoms. The van der Waals surface area contributed by atoms with Gasteiger partial charge in [-0.25, -0.2) is 17.6 Å². The van der Waals surface area contributed by atoms with Crippen LogP contribution in [0.15, 0.2) is 53.6 Å². The molecule has 2 N–H and O–H groups in total. The smallest absolute Gasteiger partial charge is 0.339 e. The highest BCUT2D eigenvalue weighted by atomic mass is 32.2. The maximum Gasteiger partial charge on any atom is 0.339 e. The van der Waals surface area contributed by atoms with E-state index >= 15 is 0 Å². The van der Waals surface area contributed by atoms with Gasteiger partial charge in [0.25, 0.3) is 10.0 Å². The zero-order valence-electron chi connectivity index (χ0n) is 14.5. The summed E-state index contributed by atoms with van der Waals surface area (Å²) in [4.78, 5) is 11.2. The maximum atomic E-state index is 13.4. The minimum atomic E-state index is -3.97. The van der Waals surface area contributed by atoms with E-state index in [2.05, 4.69) is 9.82 Å². The second kappa shape index (κ2) is 6.84. The Balaban J connectivity index is 1.90. The zero-order valence-corrected chi connectivity index (χ0v) is 15.3. The summed E-state index contributed by atoms with van der Waals surface area (Å²) < 4.78 is 42.2. The lowest BCUT2D eigenvalue weighted by molar-refractivity contribution is 0.0697. The number of nitrogens with one attached hydrogen (secondary N) is 1. The summed E-state index contributed by atoms with van der Waals surface area (Å²) in [6.45, 7) is 1.58. The van der Waals surface area contributed by atoms with Crippen molar-refractivity contribution < 1.29 is 22.7 Å². The van der Waals surface area contributed by atoms with Crippen molar-refractivity contribution in [2.24, 2.45) is 7.05 Å². The van der Waals surface area contributed by atoms with Gasteiger partial charge in [0.2, 0.25) is 0 Å². The number of rotatable bonds is 5. The van der Waals surface area contributed by atoms with Gasteiger partial charge in [0.1, 0.15) is 17.1 Å². The van der Waals surface area contributed by atoms with E-state index in [1.54, 1.807) is 26.1 Å². The van der Waals surface area contributed by atoms with E-state index in [0.29, 0.717) is 11.1 Å². The lowest BCUT2D eigenvalue weighted by Gasteiger charge is -2.11. The summed E-state index contributed by atoms with van der Waals surface area (Å²) in [5.74, 6) is -1.75. The summed E-state index contributed by atoms with van der Waals surface area (Å²) in [7, 11) is -2.35. The van der Waals surface area contributed by atoms with Crippen LogP contribution >= 0.6 is 0 Å². The van der Waals surface area contributed by atoms with Crippen molar-refractivity contribution in [3.05, 3.63) is 65.6 Å². The van der Waals surface area contributed by atoms with Crippen molar-refractivity contribution >= 4 is 21.7 Å². The van der Waals surface area contributed by atoms with Crippen LogP contribution in [0.1, 0.15) is 15.9 Å². The second-order valence-corrected chi connectivity index (χ2v) is 7.61. The molecule has 0 fully saturated rings. The van der Waals surface area contributed by atoms with Crippen LogP contribution in [0, 0.1) is 12.7 Å². The van der Waals surface area contributed by atoms with Gasteiger partial charge in [-0.05, 0) is 36.8 Å². The molecule has 0 unspecified atom stereocenters. The molecule has 0 saturated heterocycles. The fourth-order valence-corrected chi connectivity index (χ4v) is 3.94.